The van der Waals surface area contributed by atoms with Crippen LogP contribution in [0.4, 0.5) is 26.7 Å². The zero-order chi connectivity index (χ0) is 54.1. The molecule has 0 spiro atoms. The number of carbonyl (C=O) groups excluding carboxylic acids is 6. The minimum absolute atomic E-state index is 0.0723. The number of ether oxygens (including phenoxy) is 2. The normalized spacial score (nSPS) is 21.1. The topological polar surface area (TPSA) is 322 Å². The average molecular weight is 1090 g/mol. The first kappa shape index (κ1) is 53.4. The Bertz CT molecular complexity index is 3180. The van der Waals surface area contributed by atoms with Crippen molar-refractivity contribution in [1.29, 1.82) is 0 Å². The van der Waals surface area contributed by atoms with Crippen LogP contribution < -0.4 is 41.6 Å². The third-order valence-electron chi connectivity index (χ3n) is 15.2. The molecule has 3 fully saturated rings. The molecule has 2 bridgehead atoms. The number of nitrogens with two attached hydrogens (primary N) is 3. The van der Waals surface area contributed by atoms with Gasteiger partial charge in [-0.2, -0.15) is 0 Å². The van der Waals surface area contributed by atoms with Gasteiger partial charge in [0.15, 0.2) is 11.5 Å². The number of hydrogen-bond donors (Lipinski definition) is 8. The number of alkyl halides is 2. The van der Waals surface area contributed by atoms with Crippen molar-refractivity contribution >= 4 is 106 Å². The predicted octanol–water partition coefficient (Wildman–Crippen LogP) is 5.50. The predicted molar refractivity (Wildman–Crippen MR) is 280 cm³/mol. The highest BCUT2D eigenvalue weighted by molar-refractivity contribution is 7.46. The maximum atomic E-state index is 14.8. The van der Waals surface area contributed by atoms with Gasteiger partial charge in [-0.25, -0.2) is 14.2 Å². The second kappa shape index (κ2) is 20.3. The smallest absolute Gasteiger partial charge is 0.445 e. The van der Waals surface area contributed by atoms with Crippen LogP contribution >= 0.6 is 31.0 Å². The lowest BCUT2D eigenvalue weighted by Crippen LogP contribution is -2.73. The Kier molecular flexibility index (Phi) is 14.5. The number of benzene rings is 3. The van der Waals surface area contributed by atoms with E-state index in [9.17, 15) is 43.1 Å². The molecule has 0 radical (unpaired) electrons. The van der Waals surface area contributed by atoms with Gasteiger partial charge in [0, 0.05) is 105 Å². The number of aromatic nitrogens is 2. The van der Waals surface area contributed by atoms with E-state index in [4.69, 9.17) is 54.4 Å². The van der Waals surface area contributed by atoms with Crippen LogP contribution in [0.15, 0.2) is 48.8 Å². The Morgan fingerprint density at radius 1 is 0.787 bits per heavy atom. The molecule has 10 rings (SSSR count). The van der Waals surface area contributed by atoms with Crippen LogP contribution in [0, 0.1) is 24.7 Å². The summed E-state index contributed by atoms with van der Waals surface area (Å²) >= 11 is 13.1. The number of H-pyrrole nitrogens is 2. The van der Waals surface area contributed by atoms with E-state index < -0.39 is 54.7 Å². The van der Waals surface area contributed by atoms with E-state index in [0.29, 0.717) is 58.3 Å². The van der Waals surface area contributed by atoms with E-state index in [0.717, 1.165) is 27.6 Å². The fourth-order valence-electron chi connectivity index (χ4n) is 11.2. The average Bonchev–Trinajstić information content (AvgIpc) is 4.12. The molecule has 3 aromatic carbocycles. The number of amides is 6. The maximum Gasteiger partial charge on any atom is 0.524 e. The Labute approximate surface area is 440 Å². The molecule has 400 valence electrons. The summed E-state index contributed by atoms with van der Waals surface area (Å²) in [7, 11) is -1.91. The molecule has 22 nitrogen and oxygen atoms in total. The molecule has 0 saturated heterocycles. The number of aryl methyl sites for hydroxylation is 2. The van der Waals surface area contributed by atoms with Crippen LogP contribution in [-0.2, 0) is 35.1 Å². The van der Waals surface area contributed by atoms with E-state index in [2.05, 4.69) is 15.3 Å². The van der Waals surface area contributed by atoms with Crippen LogP contribution in [0.3, 0.4) is 0 Å². The molecule has 6 amide bonds. The van der Waals surface area contributed by atoms with Gasteiger partial charge in [-0.05, 0) is 85.9 Å². The molecule has 4 atom stereocenters. The number of fused-ring (bicyclic) bond motifs is 6. The molecule has 2 unspecified atom stereocenters. The van der Waals surface area contributed by atoms with Gasteiger partial charge in [0.2, 0.25) is 23.6 Å². The van der Waals surface area contributed by atoms with E-state index in [1.165, 1.54) is 30.0 Å². The van der Waals surface area contributed by atoms with E-state index >= 15 is 0 Å². The van der Waals surface area contributed by atoms with Gasteiger partial charge in [-0.3, -0.25) is 29.0 Å². The molecule has 75 heavy (non-hydrogen) atoms. The third-order valence-corrected chi connectivity index (χ3v) is 16.3. The van der Waals surface area contributed by atoms with Crippen molar-refractivity contribution in [3.05, 3.63) is 76.6 Å². The number of rotatable bonds is 18. The summed E-state index contributed by atoms with van der Waals surface area (Å²) < 4.78 is 28.7. The second-order valence-corrected chi connectivity index (χ2v) is 22.2. The van der Waals surface area contributed by atoms with Crippen molar-refractivity contribution in [2.45, 2.75) is 76.5 Å². The number of halogens is 2. The van der Waals surface area contributed by atoms with Crippen molar-refractivity contribution in [2.75, 3.05) is 67.2 Å². The highest BCUT2D eigenvalue weighted by atomic mass is 35.5. The van der Waals surface area contributed by atoms with Crippen LogP contribution in [0.25, 0.3) is 21.8 Å². The number of phosphoric acid groups is 1. The molecule has 2 aliphatic heterocycles. The van der Waals surface area contributed by atoms with Gasteiger partial charge in [-0.1, -0.05) is 12.1 Å². The highest BCUT2D eigenvalue weighted by Gasteiger charge is 2.76. The summed E-state index contributed by atoms with van der Waals surface area (Å²) in [6, 6.07) is 7.95. The molecular formula is C50H59Cl2N10O12P. The van der Waals surface area contributed by atoms with Crippen molar-refractivity contribution in [1.82, 2.24) is 19.8 Å². The molecule has 3 saturated carbocycles. The first-order chi connectivity index (χ1) is 35.5. The summed E-state index contributed by atoms with van der Waals surface area (Å²) in [5.41, 5.74) is 21.4. The standard InChI is InChI=1S/C50H59Cl2N10O12P/c1-25-17-56-41-35(73-48(68)60(4)12-11-59(3)47(67)72-21-27-5-7-30(8-6-27)58-44(64)32(54)10-9-31(53)43(55)63)13-33-39(37(25)41)28(15-51)19-61(33)45(65)49-22-50(23-49,24-49)46(66)62-20-29(16-52)40-34(62)14-36(74-75(69,70)71)42-38(40)26(2)18-57-42/h5-8,13-14,17-18,28-29,31-32,56-57H,9-12,15-16,19-24,53-54H2,1-4H3,(H2,55,63)(H,58,64)(H2,69,70,71)/t28-,29-,31?,32?,49?,50?/m1/s1. The Morgan fingerprint density at radius 3 is 1.76 bits per heavy atom. The highest BCUT2D eigenvalue weighted by Crippen LogP contribution is 2.75. The fourth-order valence-corrected chi connectivity index (χ4v) is 12.1. The van der Waals surface area contributed by atoms with E-state index in [1.807, 2.05) is 13.8 Å². The molecule has 11 N–H and O–H groups in total. The molecule has 4 heterocycles. The second-order valence-electron chi connectivity index (χ2n) is 20.4. The van der Waals surface area contributed by atoms with Gasteiger partial charge in [-0.15, -0.1) is 23.2 Å². The van der Waals surface area contributed by atoms with Crippen LogP contribution in [-0.4, -0.2) is 129 Å². The van der Waals surface area contributed by atoms with Gasteiger partial charge in [0.25, 0.3) is 0 Å². The zero-order valence-electron chi connectivity index (χ0n) is 41.6. The Morgan fingerprint density at radius 2 is 1.27 bits per heavy atom. The van der Waals surface area contributed by atoms with Crippen LogP contribution in [0.5, 0.6) is 11.5 Å². The van der Waals surface area contributed by atoms with Gasteiger partial charge < -0.3 is 66.1 Å². The maximum absolute atomic E-state index is 14.8. The minimum Gasteiger partial charge on any atom is -0.445 e. The zero-order valence-corrected chi connectivity index (χ0v) is 44.0. The van der Waals surface area contributed by atoms with E-state index in [1.54, 1.807) is 52.5 Å². The summed E-state index contributed by atoms with van der Waals surface area (Å²) in [4.78, 5) is 112. The van der Waals surface area contributed by atoms with Crippen molar-refractivity contribution in [2.24, 2.45) is 28.0 Å². The summed E-state index contributed by atoms with van der Waals surface area (Å²) in [5.74, 6) is -1.50. The van der Waals surface area contributed by atoms with Crippen LogP contribution in [0.2, 0.25) is 0 Å². The lowest BCUT2D eigenvalue weighted by atomic mass is 9.34. The van der Waals surface area contributed by atoms with Crippen LogP contribution in [0.1, 0.15) is 71.8 Å². The summed E-state index contributed by atoms with van der Waals surface area (Å²) in [6.45, 7) is 4.39. The number of nitrogens with one attached hydrogen (secondary N) is 3. The minimum atomic E-state index is -4.97. The van der Waals surface area contributed by atoms with Crippen molar-refractivity contribution in [3.63, 3.8) is 0 Å². The number of carbonyl (C=O) groups is 6. The van der Waals surface area contributed by atoms with Gasteiger partial charge in [0.05, 0.1) is 45.3 Å². The third kappa shape index (κ3) is 9.88. The quantitative estimate of drug-likeness (QED) is 0.0397. The number of phosphoric ester groups is 1. The molecule has 3 aliphatic carbocycles. The Hall–Kier alpha value is -6.39. The molecule has 2 aromatic heterocycles. The molecule has 5 aliphatic rings. The number of hydrogen-bond acceptors (Lipinski definition) is 12. The number of aromatic amines is 2. The van der Waals surface area contributed by atoms with Crippen molar-refractivity contribution in [3.8, 4) is 11.5 Å². The largest absolute Gasteiger partial charge is 0.524 e. The molecule has 25 heteroatoms. The number of nitrogens with zero attached hydrogens (tertiary/aromatic N) is 4. The molecular weight excluding hydrogens is 1030 g/mol. The fraction of sp³-hybridized carbons (Fsp3) is 0.440. The van der Waals surface area contributed by atoms with Crippen molar-refractivity contribution < 1.29 is 57.1 Å². The number of anilines is 3. The summed E-state index contributed by atoms with van der Waals surface area (Å²) in [6.07, 6.45) is 3.37. The molecule has 5 aromatic rings. The van der Waals surface area contributed by atoms with Gasteiger partial charge in [0.1, 0.15) is 6.61 Å². The Balaban J connectivity index is 0.825. The first-order valence-corrected chi connectivity index (χ1v) is 26.9. The lowest BCUT2D eigenvalue weighted by Gasteiger charge is -2.69. The lowest BCUT2D eigenvalue weighted by molar-refractivity contribution is -0.205. The number of primary amides is 1. The van der Waals surface area contributed by atoms with Gasteiger partial charge >= 0.3 is 20.0 Å². The van der Waals surface area contributed by atoms with E-state index in [-0.39, 0.29) is 92.5 Å². The monoisotopic (exact) mass is 1090 g/mol. The summed E-state index contributed by atoms with van der Waals surface area (Å²) in [5, 5.41) is 4.16. The number of likely N-dealkylation sites (N-methyl/N-ethyl adjacent to an activating group) is 2. The first-order valence-electron chi connectivity index (χ1n) is 24.3. The SMILES string of the molecule is Cc1c[nH]c2c(OC(=O)N(C)CCN(C)C(=O)OCc3ccc(NC(=O)C(N)CCC(N)C(N)=O)cc3)cc3c(c12)[C@H](CCl)CN3C(=O)C12CC(C(=O)N3C[C@@H](CCl)c4c3cc(OP(=O)(O)O)c3[nH]cc(C)c43)(C1)C2.